The number of benzene rings is 1. The van der Waals surface area contributed by atoms with E-state index < -0.39 is 0 Å². The highest BCUT2D eigenvalue weighted by atomic mass is 16.5. The molecular formula is C15H16N2O2. The molecule has 4 nitrogen and oxygen atoms in total. The molecule has 0 aliphatic rings. The Labute approximate surface area is 111 Å². The van der Waals surface area contributed by atoms with Crippen molar-refractivity contribution in [1.82, 2.24) is 10.2 Å². The maximum Gasteiger partial charge on any atom is 0.156 e. The van der Waals surface area contributed by atoms with Crippen molar-refractivity contribution < 1.29 is 9.84 Å². The molecule has 0 amide bonds. The molecule has 0 saturated heterocycles. The summed E-state index contributed by atoms with van der Waals surface area (Å²) in [6, 6.07) is 7.89. The van der Waals surface area contributed by atoms with Gasteiger partial charge in [0.25, 0.3) is 0 Å². The van der Waals surface area contributed by atoms with E-state index in [0.717, 1.165) is 16.6 Å². The van der Waals surface area contributed by atoms with Crippen LogP contribution in [0.15, 0.2) is 54.0 Å². The molecule has 19 heavy (non-hydrogen) atoms. The molecule has 0 aliphatic heterocycles. The van der Waals surface area contributed by atoms with Crippen LogP contribution in [0.1, 0.15) is 12.6 Å². The maximum atomic E-state index is 9.74. The van der Waals surface area contributed by atoms with Gasteiger partial charge in [-0.2, -0.15) is 5.10 Å². The molecule has 1 aromatic carbocycles. The van der Waals surface area contributed by atoms with E-state index in [0.29, 0.717) is 5.57 Å². The van der Waals surface area contributed by atoms with E-state index in [2.05, 4.69) is 10.2 Å². The zero-order valence-corrected chi connectivity index (χ0v) is 10.9. The van der Waals surface area contributed by atoms with Gasteiger partial charge in [-0.3, -0.25) is 5.10 Å². The number of hydrogen-bond acceptors (Lipinski definition) is 3. The molecule has 98 valence electrons. The molecule has 0 unspecified atom stereocenters. The Morgan fingerprint density at radius 3 is 2.89 bits per heavy atom. The molecule has 1 aromatic heterocycles. The lowest BCUT2D eigenvalue weighted by atomic mass is 10.1. The summed E-state index contributed by atoms with van der Waals surface area (Å²) in [5, 5.41) is 18.0. The monoisotopic (exact) mass is 256 g/mol. The minimum atomic E-state index is 0.0843. The van der Waals surface area contributed by atoms with E-state index in [1.54, 1.807) is 12.2 Å². The fourth-order valence-corrected chi connectivity index (χ4v) is 1.79. The van der Waals surface area contributed by atoms with Gasteiger partial charge in [-0.15, -0.1) is 0 Å². The van der Waals surface area contributed by atoms with Crippen LogP contribution in [-0.2, 0) is 4.74 Å². The predicted molar refractivity (Wildman–Crippen MR) is 76.6 cm³/mol. The first-order valence-corrected chi connectivity index (χ1v) is 5.96. The van der Waals surface area contributed by atoms with Crippen LogP contribution in [0, 0.1) is 0 Å². The zero-order valence-electron chi connectivity index (χ0n) is 10.9. The average molecular weight is 256 g/mol. The van der Waals surface area contributed by atoms with E-state index >= 15 is 0 Å². The highest BCUT2D eigenvalue weighted by Crippen LogP contribution is 2.18. The summed E-state index contributed by atoms with van der Waals surface area (Å²) in [6.45, 7) is 1.85. The van der Waals surface area contributed by atoms with Crippen molar-refractivity contribution in [2.75, 3.05) is 7.11 Å². The smallest absolute Gasteiger partial charge is 0.156 e. The molecule has 0 spiro atoms. The molecule has 2 aromatic rings. The Bertz CT molecular complexity index is 651. The molecule has 0 fully saturated rings. The van der Waals surface area contributed by atoms with Crippen LogP contribution in [0.4, 0.5) is 0 Å². The standard InChI is InChI=1S/C15H16N2O2/c1-3-11(15(18)10-19-2)8-9-14-12-6-4-5-7-13(12)16-17-14/h3-10,18H,1-2H3,(H,16,17)/b9-8+,11-3-,15-10+. The molecule has 0 bridgehead atoms. The third-order valence-electron chi connectivity index (χ3n) is 2.76. The summed E-state index contributed by atoms with van der Waals surface area (Å²) in [7, 11) is 1.49. The van der Waals surface area contributed by atoms with Crippen LogP contribution in [-0.4, -0.2) is 22.4 Å². The highest BCUT2D eigenvalue weighted by molar-refractivity contribution is 5.86. The number of para-hydroxylation sites is 1. The van der Waals surface area contributed by atoms with Gasteiger partial charge >= 0.3 is 0 Å². The van der Waals surface area contributed by atoms with Gasteiger partial charge in [0.05, 0.1) is 18.3 Å². The van der Waals surface area contributed by atoms with Crippen LogP contribution >= 0.6 is 0 Å². The van der Waals surface area contributed by atoms with Crippen molar-refractivity contribution in [2.45, 2.75) is 6.92 Å². The minimum Gasteiger partial charge on any atom is -0.504 e. The van der Waals surface area contributed by atoms with Crippen molar-refractivity contribution in [2.24, 2.45) is 0 Å². The first-order chi connectivity index (χ1) is 9.26. The maximum absolute atomic E-state index is 9.74. The highest BCUT2D eigenvalue weighted by Gasteiger charge is 2.02. The van der Waals surface area contributed by atoms with Gasteiger partial charge in [-0.1, -0.05) is 24.3 Å². The lowest BCUT2D eigenvalue weighted by Gasteiger charge is -1.99. The number of nitrogens with one attached hydrogen (secondary N) is 1. The largest absolute Gasteiger partial charge is 0.504 e. The number of nitrogens with zero attached hydrogens (tertiary/aromatic N) is 1. The van der Waals surface area contributed by atoms with Gasteiger partial charge in [0.1, 0.15) is 6.26 Å². The van der Waals surface area contributed by atoms with Crippen molar-refractivity contribution in [3.05, 3.63) is 59.7 Å². The number of methoxy groups -OCH3 is 1. The topological polar surface area (TPSA) is 58.1 Å². The second-order valence-corrected chi connectivity index (χ2v) is 3.97. The molecule has 2 rings (SSSR count). The molecule has 4 heteroatoms. The summed E-state index contributed by atoms with van der Waals surface area (Å²) in [6.07, 6.45) is 6.75. The van der Waals surface area contributed by atoms with Crippen LogP contribution in [0.5, 0.6) is 0 Å². The molecule has 1 heterocycles. The van der Waals surface area contributed by atoms with E-state index in [1.165, 1.54) is 13.4 Å². The van der Waals surface area contributed by atoms with Gasteiger partial charge < -0.3 is 9.84 Å². The van der Waals surface area contributed by atoms with Crippen molar-refractivity contribution in [3.8, 4) is 0 Å². The van der Waals surface area contributed by atoms with Gasteiger partial charge in [0.15, 0.2) is 5.76 Å². The number of aromatic nitrogens is 2. The molecular weight excluding hydrogens is 240 g/mol. The second-order valence-electron chi connectivity index (χ2n) is 3.97. The average Bonchev–Trinajstić information content (AvgIpc) is 2.83. The predicted octanol–water partition coefficient (Wildman–Crippen LogP) is 3.57. The van der Waals surface area contributed by atoms with Crippen molar-refractivity contribution >= 4 is 17.0 Å². The Morgan fingerprint density at radius 2 is 2.16 bits per heavy atom. The number of aromatic amines is 1. The number of hydrogen-bond donors (Lipinski definition) is 2. The minimum absolute atomic E-state index is 0.0843. The molecule has 2 N–H and O–H groups in total. The first kappa shape index (κ1) is 13.0. The third-order valence-corrected chi connectivity index (χ3v) is 2.76. The molecule has 0 radical (unpaired) electrons. The van der Waals surface area contributed by atoms with Gasteiger partial charge in [-0.25, -0.2) is 0 Å². The Balaban J connectivity index is 2.29. The van der Waals surface area contributed by atoms with Gasteiger partial charge in [-0.05, 0) is 25.1 Å². The van der Waals surface area contributed by atoms with E-state index in [1.807, 2.05) is 37.3 Å². The lowest BCUT2D eigenvalue weighted by Crippen LogP contribution is -1.86. The normalized spacial score (nSPS) is 13.4. The van der Waals surface area contributed by atoms with E-state index in [4.69, 9.17) is 4.74 Å². The SMILES string of the molecule is C/C=C(/C=C/c1n[nH]c2ccccc12)C(\O)=C/OC. The number of ether oxygens (including phenoxy) is 1. The quantitative estimate of drug-likeness (QED) is 0.649. The fraction of sp³-hybridized carbons (Fsp3) is 0.133. The number of fused-ring (bicyclic) bond motifs is 1. The number of rotatable bonds is 4. The van der Waals surface area contributed by atoms with E-state index in [-0.39, 0.29) is 5.76 Å². The van der Waals surface area contributed by atoms with E-state index in [9.17, 15) is 5.11 Å². The Morgan fingerprint density at radius 1 is 1.37 bits per heavy atom. The van der Waals surface area contributed by atoms with Crippen LogP contribution < -0.4 is 0 Å². The summed E-state index contributed by atoms with van der Waals surface area (Å²) < 4.78 is 4.79. The molecule has 0 saturated carbocycles. The van der Waals surface area contributed by atoms with Crippen LogP contribution in [0.25, 0.3) is 17.0 Å². The van der Waals surface area contributed by atoms with Crippen molar-refractivity contribution in [1.29, 1.82) is 0 Å². The third kappa shape index (κ3) is 2.85. The summed E-state index contributed by atoms with van der Waals surface area (Å²) in [4.78, 5) is 0. The van der Waals surface area contributed by atoms with Crippen LogP contribution in [0.2, 0.25) is 0 Å². The summed E-state index contributed by atoms with van der Waals surface area (Å²) >= 11 is 0. The Kier molecular flexibility index (Phi) is 4.03. The molecule has 0 aliphatic carbocycles. The van der Waals surface area contributed by atoms with Gasteiger partial charge in [0, 0.05) is 11.0 Å². The summed E-state index contributed by atoms with van der Waals surface area (Å²) in [5.41, 5.74) is 2.50. The fourth-order valence-electron chi connectivity index (χ4n) is 1.79. The molecule has 0 atom stereocenters. The lowest BCUT2D eigenvalue weighted by molar-refractivity contribution is 0.303. The zero-order chi connectivity index (χ0) is 13.7. The number of H-pyrrole nitrogens is 1. The second kappa shape index (κ2) is 5.91. The first-order valence-electron chi connectivity index (χ1n) is 5.96. The van der Waals surface area contributed by atoms with Crippen LogP contribution in [0.3, 0.4) is 0 Å². The number of allylic oxidation sites excluding steroid dienone is 2. The van der Waals surface area contributed by atoms with Crippen molar-refractivity contribution in [3.63, 3.8) is 0 Å². The Hall–Kier alpha value is -2.49. The number of aliphatic hydroxyl groups excluding tert-OH is 1. The van der Waals surface area contributed by atoms with Gasteiger partial charge in [0.2, 0.25) is 0 Å². The number of aliphatic hydroxyl groups is 1. The summed E-state index contributed by atoms with van der Waals surface area (Å²) in [5.74, 6) is 0.0843.